The van der Waals surface area contributed by atoms with Crippen LogP contribution in [0.1, 0.15) is 27.0 Å². The Hall–Kier alpha value is -2.35. The van der Waals surface area contributed by atoms with Crippen molar-refractivity contribution in [3.63, 3.8) is 0 Å². The molecule has 3 rings (SSSR count). The van der Waals surface area contributed by atoms with Gasteiger partial charge in [0.1, 0.15) is 11.1 Å². The van der Waals surface area contributed by atoms with Gasteiger partial charge < -0.3 is 9.64 Å². The molecule has 8 heteroatoms. The first kappa shape index (κ1) is 15.5. The summed E-state index contributed by atoms with van der Waals surface area (Å²) >= 11 is 1.54. The van der Waals surface area contributed by atoms with E-state index in [4.69, 9.17) is 4.74 Å². The van der Waals surface area contributed by atoms with Crippen molar-refractivity contribution in [1.29, 1.82) is 0 Å². The summed E-state index contributed by atoms with van der Waals surface area (Å²) in [5.41, 5.74) is 2.18. The minimum atomic E-state index is -0.367. The third-order valence-electron chi connectivity index (χ3n) is 3.61. The van der Waals surface area contributed by atoms with Gasteiger partial charge in [-0.05, 0) is 17.7 Å². The van der Waals surface area contributed by atoms with Crippen LogP contribution in [0.2, 0.25) is 0 Å². The van der Waals surface area contributed by atoms with Crippen LogP contribution in [0.3, 0.4) is 0 Å². The first-order valence-electron chi connectivity index (χ1n) is 7.03. The van der Waals surface area contributed by atoms with E-state index in [1.807, 2.05) is 12.3 Å². The summed E-state index contributed by atoms with van der Waals surface area (Å²) in [7, 11) is 3.13. The van der Waals surface area contributed by atoms with Crippen LogP contribution < -0.4 is 0 Å². The van der Waals surface area contributed by atoms with Crippen molar-refractivity contribution in [2.45, 2.75) is 11.9 Å². The molecule has 0 bridgehead atoms. The zero-order chi connectivity index (χ0) is 16.4. The number of esters is 1. The number of carbonyl (C=O) groups is 2. The molecule has 1 saturated heterocycles. The molecular formula is C15H16N4O3S. The van der Waals surface area contributed by atoms with Crippen LogP contribution in [0.15, 0.2) is 30.5 Å². The standard InChI is InChI=1S/C15H16N4O3S/c1-18-13(20)9-23-14(18)12-8-19(17-16-12)7-10-4-3-5-11(6-10)15(21)22-2/h3-6,8,14H,7,9H2,1-2H3/t14-/m0/s1. The second-order valence-electron chi connectivity index (χ2n) is 5.20. The lowest BCUT2D eigenvalue weighted by atomic mass is 10.1. The van der Waals surface area contributed by atoms with Crippen molar-refractivity contribution in [3.8, 4) is 0 Å². The molecule has 7 nitrogen and oxygen atoms in total. The first-order valence-corrected chi connectivity index (χ1v) is 8.08. The molecule has 1 fully saturated rings. The SMILES string of the molecule is COC(=O)c1cccc(Cn2cc([C@@H]3SCC(=O)N3C)nn2)c1. The minimum absolute atomic E-state index is 0.0855. The van der Waals surface area contributed by atoms with Gasteiger partial charge in [0, 0.05) is 7.05 Å². The van der Waals surface area contributed by atoms with Crippen LogP contribution in [0.25, 0.3) is 0 Å². The maximum atomic E-state index is 11.6. The number of methoxy groups -OCH3 is 1. The molecule has 0 unspecified atom stereocenters. The molecule has 0 N–H and O–H groups in total. The summed E-state index contributed by atoms with van der Waals surface area (Å²) in [5, 5.41) is 8.18. The highest BCUT2D eigenvalue weighted by atomic mass is 32.2. The van der Waals surface area contributed by atoms with Gasteiger partial charge in [0.2, 0.25) is 5.91 Å². The number of aromatic nitrogens is 3. The van der Waals surface area contributed by atoms with Crippen molar-refractivity contribution in [2.24, 2.45) is 0 Å². The van der Waals surface area contributed by atoms with E-state index >= 15 is 0 Å². The van der Waals surface area contributed by atoms with Gasteiger partial charge in [-0.25, -0.2) is 9.48 Å². The number of nitrogens with zero attached hydrogens (tertiary/aromatic N) is 4. The van der Waals surface area contributed by atoms with E-state index in [9.17, 15) is 9.59 Å². The molecule has 2 heterocycles. The van der Waals surface area contributed by atoms with Crippen molar-refractivity contribution < 1.29 is 14.3 Å². The Morgan fingerprint density at radius 2 is 2.30 bits per heavy atom. The van der Waals surface area contributed by atoms with Crippen molar-refractivity contribution >= 4 is 23.6 Å². The number of benzene rings is 1. The van der Waals surface area contributed by atoms with E-state index in [1.165, 1.54) is 7.11 Å². The maximum Gasteiger partial charge on any atom is 0.337 e. The van der Waals surface area contributed by atoms with E-state index in [0.717, 1.165) is 11.3 Å². The van der Waals surface area contributed by atoms with Gasteiger partial charge in [0.15, 0.2) is 0 Å². The zero-order valence-corrected chi connectivity index (χ0v) is 13.6. The van der Waals surface area contributed by atoms with Crippen molar-refractivity contribution in [2.75, 3.05) is 19.9 Å². The van der Waals surface area contributed by atoms with Crippen LogP contribution in [0.5, 0.6) is 0 Å². The van der Waals surface area contributed by atoms with E-state index in [1.54, 1.807) is 46.6 Å². The van der Waals surface area contributed by atoms with Crippen molar-refractivity contribution in [1.82, 2.24) is 19.9 Å². The second-order valence-corrected chi connectivity index (χ2v) is 6.27. The lowest BCUT2D eigenvalue weighted by Crippen LogP contribution is -2.23. The second kappa shape index (κ2) is 6.41. The number of rotatable bonds is 4. The smallest absolute Gasteiger partial charge is 0.337 e. The van der Waals surface area contributed by atoms with E-state index in [-0.39, 0.29) is 17.3 Å². The molecule has 1 atom stereocenters. The fourth-order valence-electron chi connectivity index (χ4n) is 2.38. The Balaban J connectivity index is 1.75. The molecule has 1 aliphatic rings. The first-order chi connectivity index (χ1) is 11.1. The third-order valence-corrected chi connectivity index (χ3v) is 4.90. The lowest BCUT2D eigenvalue weighted by Gasteiger charge is -2.15. The number of thioether (sulfide) groups is 1. The lowest BCUT2D eigenvalue weighted by molar-refractivity contribution is -0.126. The van der Waals surface area contributed by atoms with Gasteiger partial charge in [-0.15, -0.1) is 16.9 Å². The summed E-state index contributed by atoms with van der Waals surface area (Å²) in [6.07, 6.45) is 1.83. The monoisotopic (exact) mass is 332 g/mol. The summed E-state index contributed by atoms with van der Waals surface area (Å²) < 4.78 is 6.42. The molecule has 1 aromatic carbocycles. The Morgan fingerprint density at radius 1 is 1.48 bits per heavy atom. The largest absolute Gasteiger partial charge is 0.465 e. The van der Waals surface area contributed by atoms with E-state index < -0.39 is 0 Å². The fourth-order valence-corrected chi connectivity index (χ4v) is 3.51. The van der Waals surface area contributed by atoms with E-state index in [0.29, 0.717) is 17.9 Å². The number of ether oxygens (including phenoxy) is 1. The number of hydrogen-bond donors (Lipinski definition) is 0. The Kier molecular flexibility index (Phi) is 4.33. The summed E-state index contributed by atoms with van der Waals surface area (Å²) in [6, 6.07) is 7.19. The van der Waals surface area contributed by atoms with Gasteiger partial charge in [-0.1, -0.05) is 17.3 Å². The van der Waals surface area contributed by atoms with Crippen molar-refractivity contribution in [3.05, 3.63) is 47.3 Å². The fraction of sp³-hybridized carbons (Fsp3) is 0.333. The van der Waals surface area contributed by atoms with Crippen LogP contribution >= 0.6 is 11.8 Å². The highest BCUT2D eigenvalue weighted by Gasteiger charge is 2.31. The normalized spacial score (nSPS) is 17.6. The van der Waals surface area contributed by atoms with Gasteiger partial charge >= 0.3 is 5.97 Å². The summed E-state index contributed by atoms with van der Waals surface area (Å²) in [4.78, 5) is 24.8. The van der Waals surface area contributed by atoms with Gasteiger partial charge in [0.25, 0.3) is 0 Å². The molecule has 0 spiro atoms. The minimum Gasteiger partial charge on any atom is -0.465 e. The molecule has 2 aromatic rings. The Bertz CT molecular complexity index is 746. The highest BCUT2D eigenvalue weighted by Crippen LogP contribution is 2.35. The number of amides is 1. The van der Waals surface area contributed by atoms with Crippen LogP contribution in [0.4, 0.5) is 0 Å². The average molecular weight is 332 g/mol. The predicted molar refractivity (Wildman–Crippen MR) is 84.9 cm³/mol. The molecular weight excluding hydrogens is 316 g/mol. The quantitative estimate of drug-likeness (QED) is 0.786. The van der Waals surface area contributed by atoms with Gasteiger partial charge in [-0.3, -0.25) is 4.79 Å². The Morgan fingerprint density at radius 3 is 3.00 bits per heavy atom. The van der Waals surface area contributed by atoms with Crippen LogP contribution in [0, 0.1) is 0 Å². The third kappa shape index (κ3) is 3.21. The predicted octanol–water partition coefficient (Wildman–Crippen LogP) is 1.32. The van der Waals surface area contributed by atoms with E-state index in [2.05, 4.69) is 10.3 Å². The number of carbonyl (C=O) groups excluding carboxylic acids is 2. The number of hydrogen-bond acceptors (Lipinski definition) is 6. The molecule has 0 aliphatic carbocycles. The Labute approximate surface area is 137 Å². The van der Waals surface area contributed by atoms with Gasteiger partial charge in [0.05, 0.1) is 31.2 Å². The maximum absolute atomic E-state index is 11.6. The molecule has 1 aliphatic heterocycles. The summed E-state index contributed by atoms with van der Waals surface area (Å²) in [6.45, 7) is 0.493. The average Bonchev–Trinajstić information content (AvgIpc) is 3.14. The summed E-state index contributed by atoms with van der Waals surface area (Å²) in [5.74, 6) is 0.198. The molecule has 0 saturated carbocycles. The van der Waals surface area contributed by atoms with Gasteiger partial charge in [-0.2, -0.15) is 0 Å². The molecule has 0 radical (unpaired) electrons. The van der Waals surface area contributed by atoms with Crippen LogP contribution in [-0.4, -0.2) is 51.7 Å². The molecule has 1 amide bonds. The molecule has 120 valence electrons. The molecule has 1 aromatic heterocycles. The zero-order valence-electron chi connectivity index (χ0n) is 12.8. The highest BCUT2D eigenvalue weighted by molar-refractivity contribution is 8.00. The topological polar surface area (TPSA) is 77.3 Å². The van der Waals surface area contributed by atoms with Crippen LogP contribution in [-0.2, 0) is 16.1 Å². The molecule has 23 heavy (non-hydrogen) atoms.